The third-order valence-corrected chi connectivity index (χ3v) is 4.62. The highest BCUT2D eigenvalue weighted by molar-refractivity contribution is 5.81. The Hall–Kier alpha value is -2.60. The molecular weight excluding hydrogens is 347 g/mol. The van der Waals surface area contributed by atoms with Gasteiger partial charge in [-0.1, -0.05) is 12.1 Å². The molecule has 0 bridgehead atoms. The number of anilines is 1. The van der Waals surface area contributed by atoms with Gasteiger partial charge in [-0.15, -0.1) is 0 Å². The first-order chi connectivity index (χ1) is 13.0. The number of amides is 1. The summed E-state index contributed by atoms with van der Waals surface area (Å²) in [5.74, 6) is -0.0979. The molecule has 0 spiro atoms. The largest absolute Gasteiger partial charge is 0.481 e. The monoisotopic (exact) mass is 372 g/mol. The standard InChI is InChI=1S/C21H25FN2O3/c1-15(17-3-7-19(8-4-17)24-11-13-26-14-12-24)23-21(25)16(2)27-20-9-5-18(22)6-10-20/h3-10,15-16H,11-14H2,1-2H3,(H,23,25)/t15-,16-/m1/s1. The number of carbonyl (C=O) groups excluding carboxylic acids is 1. The Morgan fingerprint density at radius 1 is 1.07 bits per heavy atom. The van der Waals surface area contributed by atoms with Crippen LogP contribution in [0.3, 0.4) is 0 Å². The molecule has 1 saturated heterocycles. The van der Waals surface area contributed by atoms with Crippen molar-refractivity contribution in [2.45, 2.75) is 26.0 Å². The molecule has 0 aromatic heterocycles. The molecular formula is C21H25FN2O3. The number of halogens is 1. The van der Waals surface area contributed by atoms with E-state index in [0.717, 1.165) is 37.6 Å². The van der Waals surface area contributed by atoms with Gasteiger partial charge in [0.05, 0.1) is 19.3 Å². The zero-order valence-electron chi connectivity index (χ0n) is 15.7. The molecule has 6 heteroatoms. The van der Waals surface area contributed by atoms with E-state index >= 15 is 0 Å². The first-order valence-corrected chi connectivity index (χ1v) is 9.18. The van der Waals surface area contributed by atoms with Crippen molar-refractivity contribution in [1.29, 1.82) is 0 Å². The van der Waals surface area contributed by atoms with Gasteiger partial charge in [0, 0.05) is 18.8 Å². The molecule has 2 aromatic carbocycles. The van der Waals surface area contributed by atoms with E-state index in [1.165, 1.54) is 24.3 Å². The van der Waals surface area contributed by atoms with Crippen LogP contribution in [-0.2, 0) is 9.53 Å². The fourth-order valence-corrected chi connectivity index (χ4v) is 2.98. The van der Waals surface area contributed by atoms with Crippen LogP contribution in [0.2, 0.25) is 0 Å². The molecule has 1 aliphatic heterocycles. The molecule has 0 aliphatic carbocycles. The number of hydrogen-bond acceptors (Lipinski definition) is 4. The van der Waals surface area contributed by atoms with Gasteiger partial charge >= 0.3 is 0 Å². The van der Waals surface area contributed by atoms with Gasteiger partial charge in [-0.05, 0) is 55.8 Å². The summed E-state index contributed by atoms with van der Waals surface area (Å²) in [6.07, 6.45) is -0.675. The van der Waals surface area contributed by atoms with Crippen molar-refractivity contribution in [3.05, 3.63) is 59.9 Å². The highest BCUT2D eigenvalue weighted by atomic mass is 19.1. The highest BCUT2D eigenvalue weighted by Gasteiger charge is 2.18. The van der Waals surface area contributed by atoms with Crippen LogP contribution in [0.5, 0.6) is 5.75 Å². The van der Waals surface area contributed by atoms with Crippen molar-refractivity contribution in [3.8, 4) is 5.75 Å². The lowest BCUT2D eigenvalue weighted by atomic mass is 10.1. The van der Waals surface area contributed by atoms with Crippen LogP contribution < -0.4 is 15.0 Å². The number of hydrogen-bond donors (Lipinski definition) is 1. The average molecular weight is 372 g/mol. The number of nitrogens with one attached hydrogen (secondary N) is 1. The fourth-order valence-electron chi connectivity index (χ4n) is 2.98. The lowest BCUT2D eigenvalue weighted by molar-refractivity contribution is -0.127. The lowest BCUT2D eigenvalue weighted by Crippen LogP contribution is -2.38. The van der Waals surface area contributed by atoms with Crippen molar-refractivity contribution in [3.63, 3.8) is 0 Å². The van der Waals surface area contributed by atoms with Gasteiger partial charge in [-0.3, -0.25) is 4.79 Å². The van der Waals surface area contributed by atoms with Crippen molar-refractivity contribution >= 4 is 11.6 Å². The minimum atomic E-state index is -0.675. The van der Waals surface area contributed by atoms with Crippen molar-refractivity contribution in [1.82, 2.24) is 5.32 Å². The second-order valence-corrected chi connectivity index (χ2v) is 6.64. The number of rotatable bonds is 6. The molecule has 1 heterocycles. The molecule has 27 heavy (non-hydrogen) atoms. The number of ether oxygens (including phenoxy) is 2. The molecule has 0 radical (unpaired) electrons. The summed E-state index contributed by atoms with van der Waals surface area (Å²) in [5, 5.41) is 2.95. The Morgan fingerprint density at radius 3 is 2.33 bits per heavy atom. The van der Waals surface area contributed by atoms with Crippen molar-refractivity contribution in [2.75, 3.05) is 31.2 Å². The Labute approximate surface area is 159 Å². The van der Waals surface area contributed by atoms with E-state index < -0.39 is 6.10 Å². The van der Waals surface area contributed by atoms with Gasteiger partial charge < -0.3 is 19.7 Å². The number of benzene rings is 2. The summed E-state index contributed by atoms with van der Waals surface area (Å²) in [5.41, 5.74) is 2.18. The van der Waals surface area contributed by atoms with Crippen LogP contribution in [0.1, 0.15) is 25.5 Å². The van der Waals surface area contributed by atoms with Crippen LogP contribution in [0.25, 0.3) is 0 Å². The molecule has 1 amide bonds. The summed E-state index contributed by atoms with van der Waals surface area (Å²) in [4.78, 5) is 14.7. The van der Waals surface area contributed by atoms with Crippen LogP contribution in [0.4, 0.5) is 10.1 Å². The maximum atomic E-state index is 12.9. The van der Waals surface area contributed by atoms with Gasteiger partial charge in [0.15, 0.2) is 6.10 Å². The summed E-state index contributed by atoms with van der Waals surface area (Å²) >= 11 is 0. The Kier molecular flexibility index (Phi) is 6.29. The Balaban J connectivity index is 1.54. The average Bonchev–Trinajstić information content (AvgIpc) is 2.70. The third-order valence-electron chi connectivity index (χ3n) is 4.62. The summed E-state index contributed by atoms with van der Waals surface area (Å²) in [6, 6.07) is 13.7. The zero-order chi connectivity index (χ0) is 19.2. The SMILES string of the molecule is C[C@@H](Oc1ccc(F)cc1)C(=O)N[C@H](C)c1ccc(N2CCOCC2)cc1. The molecule has 1 aliphatic rings. The first-order valence-electron chi connectivity index (χ1n) is 9.18. The minimum absolute atomic E-state index is 0.143. The quantitative estimate of drug-likeness (QED) is 0.845. The lowest BCUT2D eigenvalue weighted by Gasteiger charge is -2.29. The molecule has 5 nitrogen and oxygen atoms in total. The van der Waals surface area contributed by atoms with Gasteiger partial charge in [-0.2, -0.15) is 0 Å². The second kappa shape index (κ2) is 8.86. The third kappa shape index (κ3) is 5.20. The zero-order valence-corrected chi connectivity index (χ0v) is 15.7. The van der Waals surface area contributed by atoms with E-state index in [4.69, 9.17) is 9.47 Å². The van der Waals surface area contributed by atoms with E-state index in [-0.39, 0.29) is 17.8 Å². The van der Waals surface area contributed by atoms with Crippen molar-refractivity contribution in [2.24, 2.45) is 0 Å². The molecule has 3 rings (SSSR count). The maximum absolute atomic E-state index is 12.9. The molecule has 0 saturated carbocycles. The number of carbonyl (C=O) groups is 1. The van der Waals surface area contributed by atoms with E-state index in [2.05, 4.69) is 22.3 Å². The van der Waals surface area contributed by atoms with Crippen LogP contribution in [0.15, 0.2) is 48.5 Å². The Morgan fingerprint density at radius 2 is 1.70 bits per heavy atom. The van der Waals surface area contributed by atoms with Gasteiger partial charge in [0.2, 0.25) is 0 Å². The van der Waals surface area contributed by atoms with Crippen LogP contribution in [0, 0.1) is 5.82 Å². The molecule has 1 N–H and O–H groups in total. The number of morpholine rings is 1. The molecule has 2 aromatic rings. The van der Waals surface area contributed by atoms with E-state index in [0.29, 0.717) is 5.75 Å². The summed E-state index contributed by atoms with van der Waals surface area (Å²) in [6.45, 7) is 6.90. The van der Waals surface area contributed by atoms with Gasteiger partial charge in [-0.25, -0.2) is 4.39 Å². The topological polar surface area (TPSA) is 50.8 Å². The molecule has 2 atom stereocenters. The predicted molar refractivity (Wildman–Crippen MR) is 103 cm³/mol. The Bertz CT molecular complexity index is 743. The van der Waals surface area contributed by atoms with E-state index in [9.17, 15) is 9.18 Å². The van der Waals surface area contributed by atoms with E-state index in [1.54, 1.807) is 6.92 Å². The second-order valence-electron chi connectivity index (χ2n) is 6.64. The predicted octanol–water partition coefficient (Wildman–Crippen LogP) is 3.31. The van der Waals surface area contributed by atoms with Crippen molar-refractivity contribution < 1.29 is 18.7 Å². The smallest absolute Gasteiger partial charge is 0.261 e. The first kappa shape index (κ1) is 19.2. The van der Waals surface area contributed by atoms with Gasteiger partial charge in [0.25, 0.3) is 5.91 Å². The minimum Gasteiger partial charge on any atom is -0.481 e. The molecule has 144 valence electrons. The normalized spacial score (nSPS) is 16.5. The van der Waals surface area contributed by atoms with Crippen LogP contribution in [-0.4, -0.2) is 38.3 Å². The summed E-state index contributed by atoms with van der Waals surface area (Å²) in [7, 11) is 0. The number of nitrogens with zero attached hydrogens (tertiary/aromatic N) is 1. The van der Waals surface area contributed by atoms with Crippen LogP contribution >= 0.6 is 0 Å². The fraction of sp³-hybridized carbons (Fsp3) is 0.381. The molecule has 0 unspecified atom stereocenters. The summed E-state index contributed by atoms with van der Waals surface area (Å²) < 4.78 is 23.9. The molecule has 1 fully saturated rings. The van der Waals surface area contributed by atoms with Gasteiger partial charge in [0.1, 0.15) is 11.6 Å². The maximum Gasteiger partial charge on any atom is 0.261 e. The van der Waals surface area contributed by atoms with E-state index in [1.807, 2.05) is 19.1 Å². The highest BCUT2D eigenvalue weighted by Crippen LogP contribution is 2.20.